The Morgan fingerprint density at radius 1 is 1.64 bits per heavy atom. The lowest BCUT2D eigenvalue weighted by atomic mass is 9.96. The summed E-state index contributed by atoms with van der Waals surface area (Å²) in [5, 5.41) is 8.59. The molecule has 0 fully saturated rings. The highest BCUT2D eigenvalue weighted by Gasteiger charge is 2.21. The molecule has 0 saturated heterocycles. The molecule has 1 unspecified atom stereocenters. The van der Waals surface area contributed by atoms with Crippen molar-refractivity contribution in [2.24, 2.45) is 5.92 Å². The Kier molecular flexibility index (Phi) is 4.48. The predicted molar refractivity (Wildman–Crippen MR) is 45.5 cm³/mol. The Morgan fingerprint density at radius 2 is 2.18 bits per heavy atom. The zero-order chi connectivity index (χ0) is 8.91. The minimum absolute atomic E-state index is 0.105. The van der Waals surface area contributed by atoms with Gasteiger partial charge in [0, 0.05) is 13.0 Å². The van der Waals surface area contributed by atoms with Gasteiger partial charge in [0.1, 0.15) is 0 Å². The molecule has 0 bridgehead atoms. The molecule has 3 heteroatoms. The van der Waals surface area contributed by atoms with Gasteiger partial charge in [0.05, 0.1) is 17.6 Å². The van der Waals surface area contributed by atoms with Crippen molar-refractivity contribution >= 4 is 11.6 Å². The van der Waals surface area contributed by atoms with E-state index >= 15 is 0 Å². The molecule has 1 atom stereocenters. The summed E-state index contributed by atoms with van der Waals surface area (Å²) < 4.78 is 5.16. The molecule has 0 heterocycles. The van der Waals surface area contributed by atoms with E-state index in [4.69, 9.17) is 21.6 Å². The van der Waals surface area contributed by atoms with Gasteiger partial charge in [-0.3, -0.25) is 0 Å². The second kappa shape index (κ2) is 4.58. The highest BCUT2D eigenvalue weighted by atomic mass is 35.5. The third kappa shape index (κ3) is 4.23. The van der Waals surface area contributed by atoms with Gasteiger partial charge in [0.25, 0.3) is 0 Å². The van der Waals surface area contributed by atoms with Gasteiger partial charge in [-0.05, 0) is 20.3 Å². The highest BCUT2D eigenvalue weighted by molar-refractivity contribution is 6.18. The fourth-order valence-electron chi connectivity index (χ4n) is 0.811. The maximum atomic E-state index is 8.59. The van der Waals surface area contributed by atoms with E-state index in [0.717, 1.165) is 0 Å². The van der Waals surface area contributed by atoms with Crippen molar-refractivity contribution in [2.75, 3.05) is 13.0 Å². The Hall–Kier alpha value is -0.260. The van der Waals surface area contributed by atoms with Crippen LogP contribution >= 0.6 is 11.6 Å². The maximum Gasteiger partial charge on any atom is 0.0669 e. The summed E-state index contributed by atoms with van der Waals surface area (Å²) in [7, 11) is 1.64. The van der Waals surface area contributed by atoms with Gasteiger partial charge in [-0.25, -0.2) is 0 Å². The van der Waals surface area contributed by atoms with Crippen LogP contribution in [-0.4, -0.2) is 18.6 Å². The van der Waals surface area contributed by atoms with Crippen LogP contribution in [-0.2, 0) is 4.74 Å². The Morgan fingerprint density at radius 3 is 2.45 bits per heavy atom. The summed E-state index contributed by atoms with van der Waals surface area (Å²) >= 11 is 5.55. The molecule has 0 aromatic rings. The minimum atomic E-state index is -0.241. The Labute approximate surface area is 73.1 Å². The van der Waals surface area contributed by atoms with Gasteiger partial charge in [-0.15, -0.1) is 11.6 Å². The maximum absolute atomic E-state index is 8.59. The molecule has 0 amide bonds. The van der Waals surface area contributed by atoms with Crippen LogP contribution in [0, 0.1) is 17.2 Å². The number of nitrogens with zero attached hydrogens (tertiary/aromatic N) is 1. The van der Waals surface area contributed by atoms with Crippen LogP contribution in [0.25, 0.3) is 0 Å². The van der Waals surface area contributed by atoms with Gasteiger partial charge in [0.15, 0.2) is 0 Å². The van der Waals surface area contributed by atoms with E-state index in [1.807, 2.05) is 13.8 Å². The predicted octanol–water partition coefficient (Wildman–Crippen LogP) is 2.18. The van der Waals surface area contributed by atoms with Crippen LogP contribution < -0.4 is 0 Å². The van der Waals surface area contributed by atoms with Crippen molar-refractivity contribution in [2.45, 2.75) is 25.9 Å². The van der Waals surface area contributed by atoms with Crippen molar-refractivity contribution in [3.63, 3.8) is 0 Å². The van der Waals surface area contributed by atoms with E-state index in [1.54, 1.807) is 7.11 Å². The third-order valence-electron chi connectivity index (χ3n) is 1.66. The molecule has 0 saturated carbocycles. The zero-order valence-corrected chi connectivity index (χ0v) is 7.98. The van der Waals surface area contributed by atoms with Crippen LogP contribution in [0.3, 0.4) is 0 Å². The zero-order valence-electron chi connectivity index (χ0n) is 7.22. The SMILES string of the molecule is COC(C)(C)CC(C#N)CCl. The van der Waals surface area contributed by atoms with E-state index < -0.39 is 0 Å². The average molecular weight is 176 g/mol. The number of halogens is 1. The molecule has 0 spiro atoms. The topological polar surface area (TPSA) is 33.0 Å². The van der Waals surface area contributed by atoms with E-state index in [1.165, 1.54) is 0 Å². The van der Waals surface area contributed by atoms with Crippen LogP contribution in [0.2, 0.25) is 0 Å². The van der Waals surface area contributed by atoms with Gasteiger partial charge in [-0.2, -0.15) is 5.26 Å². The average Bonchev–Trinajstić information content (AvgIpc) is 2.00. The summed E-state index contributed by atoms with van der Waals surface area (Å²) in [6.45, 7) is 3.90. The normalized spacial score (nSPS) is 14.1. The molecule has 2 nitrogen and oxygen atoms in total. The first-order valence-electron chi connectivity index (χ1n) is 3.56. The molecular formula is C8H14ClNO. The summed E-state index contributed by atoms with van der Waals surface area (Å²) in [6.07, 6.45) is 0.684. The molecule has 0 aromatic carbocycles. The first kappa shape index (κ1) is 10.7. The molecule has 0 rings (SSSR count). The van der Waals surface area contributed by atoms with Crippen molar-refractivity contribution in [3.8, 4) is 6.07 Å². The lowest BCUT2D eigenvalue weighted by molar-refractivity contribution is 0.00908. The first-order chi connectivity index (χ1) is 5.05. The van der Waals surface area contributed by atoms with Crippen molar-refractivity contribution < 1.29 is 4.74 Å². The van der Waals surface area contributed by atoms with E-state index in [2.05, 4.69) is 6.07 Å². The van der Waals surface area contributed by atoms with E-state index in [-0.39, 0.29) is 11.5 Å². The van der Waals surface area contributed by atoms with Gasteiger partial charge in [-0.1, -0.05) is 0 Å². The van der Waals surface area contributed by atoms with Crippen LogP contribution in [0.4, 0.5) is 0 Å². The number of rotatable bonds is 4. The minimum Gasteiger partial charge on any atom is -0.379 e. The van der Waals surface area contributed by atoms with Crippen LogP contribution in [0.15, 0.2) is 0 Å². The molecule has 0 aromatic heterocycles. The van der Waals surface area contributed by atoms with E-state index in [0.29, 0.717) is 12.3 Å². The van der Waals surface area contributed by atoms with Gasteiger partial charge in [0.2, 0.25) is 0 Å². The lowest BCUT2D eigenvalue weighted by Crippen LogP contribution is -2.26. The first-order valence-corrected chi connectivity index (χ1v) is 4.10. The molecule has 0 radical (unpaired) electrons. The van der Waals surface area contributed by atoms with Gasteiger partial charge >= 0.3 is 0 Å². The Balaban J connectivity index is 3.92. The second-order valence-corrected chi connectivity index (χ2v) is 3.46. The summed E-state index contributed by atoms with van der Waals surface area (Å²) in [5.41, 5.74) is -0.241. The molecule has 0 N–H and O–H groups in total. The molecule has 0 aliphatic carbocycles. The van der Waals surface area contributed by atoms with Crippen molar-refractivity contribution in [1.82, 2.24) is 0 Å². The summed E-state index contributed by atoms with van der Waals surface area (Å²) in [4.78, 5) is 0. The number of hydrogen-bond acceptors (Lipinski definition) is 2. The summed E-state index contributed by atoms with van der Waals surface area (Å²) in [6, 6.07) is 2.13. The molecule has 64 valence electrons. The smallest absolute Gasteiger partial charge is 0.0669 e. The second-order valence-electron chi connectivity index (χ2n) is 3.15. The fourth-order valence-corrected chi connectivity index (χ4v) is 0.990. The van der Waals surface area contributed by atoms with Gasteiger partial charge < -0.3 is 4.74 Å². The van der Waals surface area contributed by atoms with Crippen LogP contribution in [0.1, 0.15) is 20.3 Å². The number of nitriles is 1. The van der Waals surface area contributed by atoms with Crippen molar-refractivity contribution in [3.05, 3.63) is 0 Å². The lowest BCUT2D eigenvalue weighted by Gasteiger charge is -2.24. The monoisotopic (exact) mass is 175 g/mol. The number of methoxy groups -OCH3 is 1. The molecular weight excluding hydrogens is 162 g/mol. The largest absolute Gasteiger partial charge is 0.379 e. The number of ether oxygens (including phenoxy) is 1. The molecule has 0 aliphatic rings. The number of hydrogen-bond donors (Lipinski definition) is 0. The standard InChI is InChI=1S/C8H14ClNO/c1-8(2,11-3)4-7(5-9)6-10/h7H,4-5H2,1-3H3. The Bertz CT molecular complexity index is 151. The van der Waals surface area contributed by atoms with Crippen LogP contribution in [0.5, 0.6) is 0 Å². The molecule has 0 aliphatic heterocycles. The quantitative estimate of drug-likeness (QED) is 0.614. The van der Waals surface area contributed by atoms with Crippen molar-refractivity contribution in [1.29, 1.82) is 5.26 Å². The van der Waals surface area contributed by atoms with E-state index in [9.17, 15) is 0 Å². The fraction of sp³-hybridized carbons (Fsp3) is 0.875. The summed E-state index contributed by atoms with van der Waals surface area (Å²) in [5.74, 6) is 0.273. The molecule has 11 heavy (non-hydrogen) atoms. The number of alkyl halides is 1. The highest BCUT2D eigenvalue weighted by Crippen LogP contribution is 2.19. The third-order valence-corrected chi connectivity index (χ3v) is 2.03.